The molecule has 0 spiro atoms. The van der Waals surface area contributed by atoms with E-state index in [-0.39, 0.29) is 11.3 Å². The van der Waals surface area contributed by atoms with E-state index in [1.165, 1.54) is 42.1 Å². The van der Waals surface area contributed by atoms with Crippen LogP contribution in [0.5, 0.6) is 0 Å². The number of nitrogens with one attached hydrogen (secondary N) is 1. The molecule has 0 atom stereocenters. The Labute approximate surface area is 107 Å². The van der Waals surface area contributed by atoms with Gasteiger partial charge < -0.3 is 9.88 Å². The number of carbonyl (C=O) groups is 1. The topological polar surface area (TPSA) is 51.1 Å². The molecule has 1 aromatic heterocycles. The smallest absolute Gasteiger partial charge is 0.263 e. The summed E-state index contributed by atoms with van der Waals surface area (Å²) < 4.78 is 27.6. The highest BCUT2D eigenvalue weighted by molar-refractivity contribution is 6.04. The lowest BCUT2D eigenvalue weighted by Gasteiger charge is -2.07. The maximum absolute atomic E-state index is 13.4. The molecule has 2 aromatic rings. The van der Waals surface area contributed by atoms with Crippen molar-refractivity contribution < 1.29 is 13.6 Å². The lowest BCUT2D eigenvalue weighted by atomic mass is 10.2. The maximum atomic E-state index is 13.4. The Kier molecular flexibility index (Phi) is 3.41. The molecule has 0 fully saturated rings. The Morgan fingerprint density at radius 3 is 2.68 bits per heavy atom. The van der Waals surface area contributed by atoms with Gasteiger partial charge in [0, 0.05) is 13.2 Å². The van der Waals surface area contributed by atoms with Crippen LogP contribution in [0.15, 0.2) is 41.3 Å². The molecule has 6 heteroatoms. The van der Waals surface area contributed by atoms with Gasteiger partial charge in [0.1, 0.15) is 5.56 Å². The first-order chi connectivity index (χ1) is 9.00. The average Bonchev–Trinajstić information content (AvgIpc) is 2.38. The van der Waals surface area contributed by atoms with E-state index in [1.807, 2.05) is 0 Å². The molecule has 1 amide bonds. The van der Waals surface area contributed by atoms with Crippen LogP contribution in [-0.4, -0.2) is 10.5 Å². The molecule has 0 unspecified atom stereocenters. The van der Waals surface area contributed by atoms with Gasteiger partial charge in [-0.15, -0.1) is 0 Å². The summed E-state index contributed by atoms with van der Waals surface area (Å²) in [4.78, 5) is 23.5. The van der Waals surface area contributed by atoms with E-state index >= 15 is 0 Å². The molecule has 0 bridgehead atoms. The SMILES string of the molecule is Cn1cccc(C(=O)Nc2cccc(F)c2F)c1=O. The number of nitrogens with zero attached hydrogens (tertiary/aromatic N) is 1. The minimum atomic E-state index is -1.16. The zero-order valence-corrected chi connectivity index (χ0v) is 9.98. The van der Waals surface area contributed by atoms with Crippen molar-refractivity contribution in [2.75, 3.05) is 5.32 Å². The van der Waals surface area contributed by atoms with E-state index in [0.717, 1.165) is 6.07 Å². The fourth-order valence-electron chi connectivity index (χ4n) is 1.56. The Hall–Kier alpha value is -2.50. The molecule has 0 aliphatic heterocycles. The van der Waals surface area contributed by atoms with Crippen LogP contribution in [0.4, 0.5) is 14.5 Å². The number of aromatic nitrogens is 1. The van der Waals surface area contributed by atoms with Crippen LogP contribution in [0.25, 0.3) is 0 Å². The van der Waals surface area contributed by atoms with Crippen LogP contribution in [0.2, 0.25) is 0 Å². The van der Waals surface area contributed by atoms with E-state index in [1.54, 1.807) is 0 Å². The van der Waals surface area contributed by atoms with Crippen LogP contribution in [-0.2, 0) is 7.05 Å². The molecule has 1 N–H and O–H groups in total. The Morgan fingerprint density at radius 2 is 1.95 bits per heavy atom. The Balaban J connectivity index is 2.34. The first kappa shape index (κ1) is 12.9. The molecule has 1 aromatic carbocycles. The summed E-state index contributed by atoms with van der Waals surface area (Å²) in [6.07, 6.45) is 1.49. The molecule has 19 heavy (non-hydrogen) atoms. The lowest BCUT2D eigenvalue weighted by Crippen LogP contribution is -2.27. The quantitative estimate of drug-likeness (QED) is 0.900. The first-order valence-corrected chi connectivity index (χ1v) is 5.41. The third-order valence-electron chi connectivity index (χ3n) is 2.57. The second kappa shape index (κ2) is 5.01. The van der Waals surface area contributed by atoms with Crippen molar-refractivity contribution in [1.82, 2.24) is 4.57 Å². The van der Waals surface area contributed by atoms with E-state index in [0.29, 0.717) is 0 Å². The number of hydrogen-bond donors (Lipinski definition) is 1. The normalized spacial score (nSPS) is 10.3. The second-order valence-corrected chi connectivity index (χ2v) is 3.89. The molecular formula is C13H10F2N2O2. The maximum Gasteiger partial charge on any atom is 0.263 e. The third kappa shape index (κ3) is 2.52. The fraction of sp³-hybridized carbons (Fsp3) is 0.0769. The van der Waals surface area contributed by atoms with Crippen LogP contribution in [0.1, 0.15) is 10.4 Å². The number of hydrogen-bond acceptors (Lipinski definition) is 2. The standard InChI is InChI=1S/C13H10F2N2O2/c1-17-7-3-4-8(13(17)19)12(18)16-10-6-2-5-9(14)11(10)15/h2-7H,1H3,(H,16,18). The summed E-state index contributed by atoms with van der Waals surface area (Å²) in [6, 6.07) is 6.24. The van der Waals surface area contributed by atoms with Gasteiger partial charge in [-0.2, -0.15) is 0 Å². The number of carbonyl (C=O) groups excluding carboxylic acids is 1. The van der Waals surface area contributed by atoms with E-state index < -0.39 is 23.1 Å². The molecule has 2 rings (SSSR count). The zero-order valence-electron chi connectivity index (χ0n) is 9.98. The highest BCUT2D eigenvalue weighted by atomic mass is 19.2. The molecular weight excluding hydrogens is 254 g/mol. The van der Waals surface area contributed by atoms with Gasteiger partial charge in [-0.25, -0.2) is 8.78 Å². The average molecular weight is 264 g/mol. The number of anilines is 1. The molecule has 0 saturated heterocycles. The van der Waals surface area contributed by atoms with Gasteiger partial charge in [-0.1, -0.05) is 6.07 Å². The first-order valence-electron chi connectivity index (χ1n) is 5.41. The van der Waals surface area contributed by atoms with E-state index in [2.05, 4.69) is 5.32 Å². The third-order valence-corrected chi connectivity index (χ3v) is 2.57. The summed E-state index contributed by atoms with van der Waals surface area (Å²) in [6.45, 7) is 0. The molecule has 1 heterocycles. The van der Waals surface area contributed by atoms with Crippen molar-refractivity contribution in [3.05, 3.63) is 64.1 Å². The van der Waals surface area contributed by atoms with Gasteiger partial charge >= 0.3 is 0 Å². The summed E-state index contributed by atoms with van der Waals surface area (Å²) in [5, 5.41) is 2.17. The van der Waals surface area contributed by atoms with Gasteiger partial charge in [0.2, 0.25) is 0 Å². The van der Waals surface area contributed by atoms with Gasteiger partial charge in [0.05, 0.1) is 5.69 Å². The molecule has 98 valence electrons. The minimum absolute atomic E-state index is 0.145. The largest absolute Gasteiger partial charge is 0.319 e. The lowest BCUT2D eigenvalue weighted by molar-refractivity contribution is 0.102. The van der Waals surface area contributed by atoms with Crippen molar-refractivity contribution in [3.63, 3.8) is 0 Å². The zero-order chi connectivity index (χ0) is 14.0. The molecule has 0 radical (unpaired) electrons. The van der Waals surface area contributed by atoms with Crippen molar-refractivity contribution >= 4 is 11.6 Å². The number of benzene rings is 1. The summed E-state index contributed by atoms with van der Waals surface area (Å²) in [5.74, 6) is -3.02. The molecule has 0 aliphatic rings. The van der Waals surface area contributed by atoms with Crippen molar-refractivity contribution in [3.8, 4) is 0 Å². The van der Waals surface area contributed by atoms with Crippen molar-refractivity contribution in [2.45, 2.75) is 0 Å². The van der Waals surface area contributed by atoms with E-state index in [9.17, 15) is 18.4 Å². The Morgan fingerprint density at radius 1 is 1.21 bits per heavy atom. The van der Waals surface area contributed by atoms with Crippen LogP contribution >= 0.6 is 0 Å². The van der Waals surface area contributed by atoms with Gasteiger partial charge in [-0.05, 0) is 24.3 Å². The molecule has 0 saturated carbocycles. The number of aryl methyl sites for hydroxylation is 1. The highest BCUT2D eigenvalue weighted by Crippen LogP contribution is 2.16. The number of rotatable bonds is 2. The van der Waals surface area contributed by atoms with Crippen LogP contribution < -0.4 is 10.9 Å². The monoisotopic (exact) mass is 264 g/mol. The van der Waals surface area contributed by atoms with Crippen molar-refractivity contribution in [2.24, 2.45) is 7.05 Å². The summed E-state index contributed by atoms with van der Waals surface area (Å²) in [5.41, 5.74) is -0.971. The summed E-state index contributed by atoms with van der Waals surface area (Å²) in [7, 11) is 1.49. The molecule has 4 nitrogen and oxygen atoms in total. The summed E-state index contributed by atoms with van der Waals surface area (Å²) >= 11 is 0. The Bertz CT molecular complexity index is 695. The van der Waals surface area contributed by atoms with Crippen LogP contribution in [0.3, 0.4) is 0 Å². The van der Waals surface area contributed by atoms with Crippen molar-refractivity contribution in [1.29, 1.82) is 0 Å². The number of amides is 1. The number of pyridine rings is 1. The van der Waals surface area contributed by atoms with Gasteiger partial charge in [0.25, 0.3) is 11.5 Å². The van der Waals surface area contributed by atoms with Crippen LogP contribution in [0, 0.1) is 11.6 Å². The predicted octanol–water partition coefficient (Wildman–Crippen LogP) is 1.92. The van der Waals surface area contributed by atoms with Gasteiger partial charge in [-0.3, -0.25) is 9.59 Å². The van der Waals surface area contributed by atoms with E-state index in [4.69, 9.17) is 0 Å². The number of halogens is 2. The minimum Gasteiger partial charge on any atom is -0.319 e. The highest BCUT2D eigenvalue weighted by Gasteiger charge is 2.14. The molecule has 0 aliphatic carbocycles. The second-order valence-electron chi connectivity index (χ2n) is 3.89. The fourth-order valence-corrected chi connectivity index (χ4v) is 1.56. The predicted molar refractivity (Wildman–Crippen MR) is 66.0 cm³/mol. The van der Waals surface area contributed by atoms with Gasteiger partial charge in [0.15, 0.2) is 11.6 Å².